The third kappa shape index (κ3) is 1.84. The fourth-order valence-corrected chi connectivity index (χ4v) is 4.15. The third-order valence-electron chi connectivity index (χ3n) is 4.05. The Morgan fingerprint density at radius 2 is 2.21 bits per heavy atom. The smallest absolute Gasteiger partial charge is 0.114 e. The number of aromatic nitrogens is 2. The van der Waals surface area contributed by atoms with Gasteiger partial charge in [0.1, 0.15) is 5.82 Å². The van der Waals surface area contributed by atoms with Gasteiger partial charge in [-0.05, 0) is 43.2 Å². The van der Waals surface area contributed by atoms with Crippen molar-refractivity contribution < 1.29 is 0 Å². The molecule has 2 aromatic rings. The van der Waals surface area contributed by atoms with E-state index in [4.69, 9.17) is 10.2 Å². The Bertz CT molecular complexity index is 672. The van der Waals surface area contributed by atoms with Gasteiger partial charge in [0.2, 0.25) is 0 Å². The van der Waals surface area contributed by atoms with Gasteiger partial charge in [-0.3, -0.25) is 0 Å². The van der Waals surface area contributed by atoms with Gasteiger partial charge in [0.05, 0.1) is 22.7 Å². The molecule has 1 aliphatic heterocycles. The summed E-state index contributed by atoms with van der Waals surface area (Å²) >= 11 is 2.03. The van der Waals surface area contributed by atoms with Crippen LogP contribution in [-0.2, 0) is 0 Å². The molecule has 1 aromatic heterocycles. The lowest BCUT2D eigenvalue weighted by molar-refractivity contribution is 0.630. The molecule has 0 spiro atoms. The van der Waals surface area contributed by atoms with Gasteiger partial charge in [-0.1, -0.05) is 0 Å². The predicted molar refractivity (Wildman–Crippen MR) is 77.4 cm³/mol. The van der Waals surface area contributed by atoms with Crippen LogP contribution < -0.4 is 0 Å². The summed E-state index contributed by atoms with van der Waals surface area (Å²) in [5.74, 6) is 4.31. The summed E-state index contributed by atoms with van der Waals surface area (Å²) in [5.41, 5.74) is 2.92. The zero-order valence-corrected chi connectivity index (χ0v) is 11.5. The van der Waals surface area contributed by atoms with Crippen LogP contribution in [0.25, 0.3) is 11.0 Å². The molecule has 0 amide bonds. The molecular weight excluding hydrogens is 254 g/mol. The SMILES string of the molecule is N#Cc1ccc2c(c1)nc(C1CCSC1)n2C1CC1. The van der Waals surface area contributed by atoms with Crippen molar-refractivity contribution in [2.45, 2.75) is 31.2 Å². The number of benzene rings is 1. The van der Waals surface area contributed by atoms with Crippen LogP contribution in [0.5, 0.6) is 0 Å². The summed E-state index contributed by atoms with van der Waals surface area (Å²) in [5, 5.41) is 9.02. The van der Waals surface area contributed by atoms with Crippen LogP contribution in [0.1, 0.15) is 42.6 Å². The van der Waals surface area contributed by atoms with Crippen molar-refractivity contribution in [3.8, 4) is 6.07 Å². The summed E-state index contributed by atoms with van der Waals surface area (Å²) in [6.45, 7) is 0. The number of thioether (sulfide) groups is 1. The molecule has 2 heterocycles. The van der Waals surface area contributed by atoms with Gasteiger partial charge in [0.25, 0.3) is 0 Å². The molecule has 1 atom stereocenters. The molecule has 1 unspecified atom stereocenters. The zero-order chi connectivity index (χ0) is 12.8. The first-order valence-electron chi connectivity index (χ1n) is 6.86. The Balaban J connectivity index is 1.91. The Morgan fingerprint density at radius 3 is 2.89 bits per heavy atom. The Morgan fingerprint density at radius 1 is 1.32 bits per heavy atom. The van der Waals surface area contributed by atoms with Crippen LogP contribution in [0.3, 0.4) is 0 Å². The van der Waals surface area contributed by atoms with Crippen molar-refractivity contribution in [2.24, 2.45) is 0 Å². The maximum atomic E-state index is 9.02. The molecule has 2 fully saturated rings. The fourth-order valence-electron chi connectivity index (χ4n) is 2.93. The second-order valence-electron chi connectivity index (χ2n) is 5.45. The minimum atomic E-state index is 0.600. The summed E-state index contributed by atoms with van der Waals surface area (Å²) in [4.78, 5) is 4.86. The number of nitriles is 1. The standard InChI is InChI=1S/C15H15N3S/c16-8-10-1-4-14-13(7-10)17-15(11-5-6-19-9-11)18(14)12-2-3-12/h1,4,7,11-12H,2-3,5-6,9H2. The Hall–Kier alpha value is -1.47. The molecule has 1 saturated carbocycles. The first-order valence-corrected chi connectivity index (χ1v) is 8.02. The lowest BCUT2D eigenvalue weighted by atomic mass is 10.1. The molecule has 4 rings (SSSR count). The topological polar surface area (TPSA) is 41.6 Å². The van der Waals surface area contributed by atoms with Crippen molar-refractivity contribution in [3.05, 3.63) is 29.6 Å². The molecule has 1 saturated heterocycles. The normalized spacial score (nSPS) is 22.8. The van der Waals surface area contributed by atoms with Gasteiger partial charge < -0.3 is 4.57 Å². The number of rotatable bonds is 2. The maximum Gasteiger partial charge on any atom is 0.114 e. The zero-order valence-electron chi connectivity index (χ0n) is 10.7. The Labute approximate surface area is 116 Å². The van der Waals surface area contributed by atoms with Gasteiger partial charge in [-0.2, -0.15) is 17.0 Å². The van der Waals surface area contributed by atoms with Crippen LogP contribution in [0.4, 0.5) is 0 Å². The molecular formula is C15H15N3S. The molecule has 4 heteroatoms. The molecule has 0 N–H and O–H groups in total. The second kappa shape index (κ2) is 4.28. The van der Waals surface area contributed by atoms with Gasteiger partial charge >= 0.3 is 0 Å². The van der Waals surface area contributed by atoms with Gasteiger partial charge in [-0.15, -0.1) is 0 Å². The largest absolute Gasteiger partial charge is 0.325 e. The number of fused-ring (bicyclic) bond motifs is 1. The van der Waals surface area contributed by atoms with Gasteiger partial charge in [0, 0.05) is 17.7 Å². The highest BCUT2D eigenvalue weighted by atomic mass is 32.2. The summed E-state index contributed by atoms with van der Waals surface area (Å²) in [6.07, 6.45) is 3.79. The van der Waals surface area contributed by atoms with E-state index in [0.29, 0.717) is 17.5 Å². The van der Waals surface area contributed by atoms with Gasteiger partial charge in [0.15, 0.2) is 0 Å². The van der Waals surface area contributed by atoms with E-state index in [1.807, 2.05) is 23.9 Å². The number of hydrogen-bond donors (Lipinski definition) is 0. The summed E-state index contributed by atoms with van der Waals surface area (Å²) in [7, 11) is 0. The van der Waals surface area contributed by atoms with E-state index in [-0.39, 0.29) is 0 Å². The van der Waals surface area contributed by atoms with E-state index in [1.165, 1.54) is 42.1 Å². The number of imidazole rings is 1. The van der Waals surface area contributed by atoms with Crippen molar-refractivity contribution in [3.63, 3.8) is 0 Å². The minimum absolute atomic E-state index is 0.600. The van der Waals surface area contributed by atoms with Crippen molar-refractivity contribution >= 4 is 22.8 Å². The molecule has 0 radical (unpaired) electrons. The number of hydrogen-bond acceptors (Lipinski definition) is 3. The van der Waals surface area contributed by atoms with E-state index in [1.54, 1.807) is 0 Å². The molecule has 1 aliphatic carbocycles. The number of nitrogens with zero attached hydrogens (tertiary/aromatic N) is 3. The lowest BCUT2D eigenvalue weighted by Gasteiger charge is -2.12. The second-order valence-corrected chi connectivity index (χ2v) is 6.60. The van der Waals surface area contributed by atoms with Crippen LogP contribution in [-0.4, -0.2) is 21.1 Å². The Kier molecular flexibility index (Phi) is 2.56. The molecule has 0 bridgehead atoms. The van der Waals surface area contributed by atoms with Crippen molar-refractivity contribution in [1.29, 1.82) is 5.26 Å². The lowest BCUT2D eigenvalue weighted by Crippen LogP contribution is -2.07. The molecule has 1 aromatic carbocycles. The molecule has 19 heavy (non-hydrogen) atoms. The average Bonchev–Trinajstić information content (AvgIpc) is 3.01. The fraction of sp³-hybridized carbons (Fsp3) is 0.467. The predicted octanol–water partition coefficient (Wildman–Crippen LogP) is 3.46. The first-order chi connectivity index (χ1) is 9.36. The van der Waals surface area contributed by atoms with E-state index >= 15 is 0 Å². The third-order valence-corrected chi connectivity index (χ3v) is 5.22. The van der Waals surface area contributed by atoms with Crippen LogP contribution >= 0.6 is 11.8 Å². The monoisotopic (exact) mass is 269 g/mol. The highest BCUT2D eigenvalue weighted by molar-refractivity contribution is 7.99. The van der Waals surface area contributed by atoms with Crippen LogP contribution in [0.2, 0.25) is 0 Å². The highest BCUT2D eigenvalue weighted by Gasteiger charge is 2.32. The van der Waals surface area contributed by atoms with Crippen LogP contribution in [0, 0.1) is 11.3 Å². The van der Waals surface area contributed by atoms with Crippen molar-refractivity contribution in [1.82, 2.24) is 9.55 Å². The summed E-state index contributed by atoms with van der Waals surface area (Å²) in [6, 6.07) is 8.78. The van der Waals surface area contributed by atoms with E-state index < -0.39 is 0 Å². The maximum absolute atomic E-state index is 9.02. The molecule has 3 nitrogen and oxygen atoms in total. The molecule has 2 aliphatic rings. The van der Waals surface area contributed by atoms with E-state index in [2.05, 4.69) is 16.7 Å². The van der Waals surface area contributed by atoms with Crippen LogP contribution in [0.15, 0.2) is 18.2 Å². The highest BCUT2D eigenvalue weighted by Crippen LogP contribution is 2.42. The van der Waals surface area contributed by atoms with Crippen molar-refractivity contribution in [2.75, 3.05) is 11.5 Å². The average molecular weight is 269 g/mol. The quantitative estimate of drug-likeness (QED) is 0.838. The van der Waals surface area contributed by atoms with Gasteiger partial charge in [-0.25, -0.2) is 4.98 Å². The van der Waals surface area contributed by atoms with E-state index in [0.717, 1.165) is 5.52 Å². The van der Waals surface area contributed by atoms with E-state index in [9.17, 15) is 0 Å². The first kappa shape index (κ1) is 11.4. The molecule has 96 valence electrons. The minimum Gasteiger partial charge on any atom is -0.325 e. The summed E-state index contributed by atoms with van der Waals surface area (Å²) < 4.78 is 2.45.